The molecule has 1 aromatic carbocycles. The van der Waals surface area contributed by atoms with Gasteiger partial charge in [-0.15, -0.1) is 0 Å². The normalized spacial score (nSPS) is 12.1. The molecule has 0 aliphatic rings. The molecule has 4 nitrogen and oxygen atoms in total. The SMILES string of the molecule is Cc1c(C(=O)OC(C)C#N)oc2c(Cl)cccc12. The third kappa shape index (κ3) is 2.05. The number of furan rings is 1. The summed E-state index contributed by atoms with van der Waals surface area (Å²) in [6, 6.07) is 7.09. The first-order chi connectivity index (χ1) is 8.54. The van der Waals surface area contributed by atoms with Crippen molar-refractivity contribution in [1.82, 2.24) is 0 Å². The van der Waals surface area contributed by atoms with Crippen LogP contribution in [0, 0.1) is 18.3 Å². The average molecular weight is 264 g/mol. The second kappa shape index (κ2) is 4.71. The minimum Gasteiger partial charge on any atom is -0.447 e. The molecule has 0 N–H and O–H groups in total. The predicted octanol–water partition coefficient (Wildman–Crippen LogP) is 3.46. The van der Waals surface area contributed by atoms with Crippen molar-refractivity contribution in [3.05, 3.63) is 34.5 Å². The van der Waals surface area contributed by atoms with Crippen molar-refractivity contribution in [3.63, 3.8) is 0 Å². The van der Waals surface area contributed by atoms with E-state index in [0.29, 0.717) is 16.2 Å². The van der Waals surface area contributed by atoms with Gasteiger partial charge in [-0.25, -0.2) is 4.79 Å². The molecule has 18 heavy (non-hydrogen) atoms. The Labute approximate surface area is 109 Å². The van der Waals surface area contributed by atoms with E-state index >= 15 is 0 Å². The van der Waals surface area contributed by atoms with Crippen LogP contribution < -0.4 is 0 Å². The van der Waals surface area contributed by atoms with Gasteiger partial charge in [0.25, 0.3) is 0 Å². The van der Waals surface area contributed by atoms with Crippen LogP contribution in [0.15, 0.2) is 22.6 Å². The molecule has 0 bridgehead atoms. The highest BCUT2D eigenvalue weighted by Gasteiger charge is 2.21. The Hall–Kier alpha value is -1.99. The number of para-hydroxylation sites is 1. The maximum absolute atomic E-state index is 11.8. The smallest absolute Gasteiger partial charge is 0.375 e. The molecule has 1 heterocycles. The molecule has 1 aromatic heterocycles. The first kappa shape index (κ1) is 12.5. The Kier molecular flexibility index (Phi) is 3.26. The Balaban J connectivity index is 2.47. The lowest BCUT2D eigenvalue weighted by Gasteiger charge is -2.03. The molecule has 0 aliphatic carbocycles. The number of aryl methyl sites for hydroxylation is 1. The fourth-order valence-corrected chi connectivity index (χ4v) is 1.86. The van der Waals surface area contributed by atoms with Crippen LogP contribution in [-0.4, -0.2) is 12.1 Å². The molecule has 5 heteroatoms. The molecule has 0 spiro atoms. The van der Waals surface area contributed by atoms with E-state index in [1.165, 1.54) is 6.92 Å². The molecule has 0 radical (unpaired) electrons. The number of nitrogens with zero attached hydrogens (tertiary/aromatic N) is 1. The quantitative estimate of drug-likeness (QED) is 0.779. The first-order valence-electron chi connectivity index (χ1n) is 5.32. The van der Waals surface area contributed by atoms with Gasteiger partial charge < -0.3 is 9.15 Å². The van der Waals surface area contributed by atoms with Crippen molar-refractivity contribution in [2.45, 2.75) is 20.0 Å². The topological polar surface area (TPSA) is 63.2 Å². The summed E-state index contributed by atoms with van der Waals surface area (Å²) in [6.45, 7) is 3.23. The minimum atomic E-state index is -0.819. The van der Waals surface area contributed by atoms with E-state index < -0.39 is 12.1 Å². The van der Waals surface area contributed by atoms with Gasteiger partial charge >= 0.3 is 5.97 Å². The number of benzene rings is 1. The van der Waals surface area contributed by atoms with Crippen LogP contribution in [0.25, 0.3) is 11.0 Å². The van der Waals surface area contributed by atoms with E-state index in [-0.39, 0.29) is 5.76 Å². The molecule has 0 saturated heterocycles. The molecule has 2 rings (SSSR count). The number of carbonyl (C=O) groups excluding carboxylic acids is 1. The molecular formula is C13H10ClNO3. The van der Waals surface area contributed by atoms with Crippen molar-refractivity contribution >= 4 is 28.5 Å². The molecule has 0 amide bonds. The number of carbonyl (C=O) groups is 1. The molecule has 0 aliphatic heterocycles. The van der Waals surface area contributed by atoms with Gasteiger partial charge in [-0.3, -0.25) is 0 Å². The van der Waals surface area contributed by atoms with Gasteiger partial charge in [0.1, 0.15) is 6.07 Å². The molecule has 0 fully saturated rings. The lowest BCUT2D eigenvalue weighted by Crippen LogP contribution is -2.13. The summed E-state index contributed by atoms with van der Waals surface area (Å²) in [6.07, 6.45) is -0.819. The fourth-order valence-electron chi connectivity index (χ4n) is 1.64. The summed E-state index contributed by atoms with van der Waals surface area (Å²) in [5, 5.41) is 9.80. The Morgan fingerprint density at radius 2 is 2.28 bits per heavy atom. The molecule has 92 valence electrons. The highest BCUT2D eigenvalue weighted by Crippen LogP contribution is 2.31. The van der Waals surface area contributed by atoms with Gasteiger partial charge in [0.05, 0.1) is 5.02 Å². The van der Waals surface area contributed by atoms with E-state index in [9.17, 15) is 4.79 Å². The van der Waals surface area contributed by atoms with Gasteiger partial charge in [0.15, 0.2) is 11.7 Å². The second-order valence-corrected chi connectivity index (χ2v) is 4.26. The summed E-state index contributed by atoms with van der Waals surface area (Å²) in [5.41, 5.74) is 1.11. The predicted molar refractivity (Wildman–Crippen MR) is 66.5 cm³/mol. The third-order valence-corrected chi connectivity index (χ3v) is 2.86. The zero-order valence-electron chi connectivity index (χ0n) is 9.86. The van der Waals surface area contributed by atoms with Gasteiger partial charge in [-0.1, -0.05) is 23.7 Å². The van der Waals surface area contributed by atoms with Crippen molar-refractivity contribution in [2.24, 2.45) is 0 Å². The number of fused-ring (bicyclic) bond motifs is 1. The summed E-state index contributed by atoms with van der Waals surface area (Å²) in [5.74, 6) is -0.575. The van der Waals surface area contributed by atoms with Crippen LogP contribution in [0.2, 0.25) is 5.02 Å². The van der Waals surface area contributed by atoms with E-state index in [0.717, 1.165) is 5.39 Å². The number of hydrogen-bond acceptors (Lipinski definition) is 4. The Morgan fingerprint density at radius 3 is 2.89 bits per heavy atom. The van der Waals surface area contributed by atoms with Crippen LogP contribution in [0.4, 0.5) is 0 Å². The van der Waals surface area contributed by atoms with Crippen molar-refractivity contribution in [2.75, 3.05) is 0 Å². The number of ether oxygens (including phenoxy) is 1. The monoisotopic (exact) mass is 263 g/mol. The van der Waals surface area contributed by atoms with E-state index in [1.54, 1.807) is 19.1 Å². The lowest BCUT2D eigenvalue weighted by molar-refractivity contribution is 0.0400. The molecule has 1 unspecified atom stereocenters. The van der Waals surface area contributed by atoms with Crippen molar-refractivity contribution < 1.29 is 13.9 Å². The number of esters is 1. The number of nitriles is 1. The van der Waals surface area contributed by atoms with Crippen molar-refractivity contribution in [3.8, 4) is 6.07 Å². The Morgan fingerprint density at radius 1 is 1.56 bits per heavy atom. The van der Waals surface area contributed by atoms with Gasteiger partial charge in [0, 0.05) is 10.9 Å². The van der Waals surface area contributed by atoms with Crippen LogP contribution in [-0.2, 0) is 4.74 Å². The zero-order chi connectivity index (χ0) is 13.3. The van der Waals surface area contributed by atoms with Gasteiger partial charge in [-0.2, -0.15) is 5.26 Å². The molecular weight excluding hydrogens is 254 g/mol. The summed E-state index contributed by atoms with van der Waals surface area (Å²) in [4.78, 5) is 11.8. The first-order valence-corrected chi connectivity index (χ1v) is 5.70. The van der Waals surface area contributed by atoms with Crippen LogP contribution >= 0.6 is 11.6 Å². The van der Waals surface area contributed by atoms with Crippen LogP contribution in [0.5, 0.6) is 0 Å². The van der Waals surface area contributed by atoms with E-state index in [2.05, 4.69) is 0 Å². The second-order valence-electron chi connectivity index (χ2n) is 3.85. The van der Waals surface area contributed by atoms with Crippen molar-refractivity contribution in [1.29, 1.82) is 5.26 Å². The lowest BCUT2D eigenvalue weighted by atomic mass is 10.1. The molecule has 1 atom stereocenters. The maximum Gasteiger partial charge on any atom is 0.375 e. The standard InChI is InChI=1S/C13H10ClNO3/c1-7(6-15)17-13(16)11-8(2)9-4-3-5-10(14)12(9)18-11/h3-5,7H,1-2H3. The fraction of sp³-hybridized carbons (Fsp3) is 0.231. The number of halogens is 1. The number of hydrogen-bond donors (Lipinski definition) is 0. The van der Waals surface area contributed by atoms with E-state index in [1.807, 2.05) is 12.1 Å². The third-order valence-electron chi connectivity index (χ3n) is 2.57. The molecule has 0 saturated carbocycles. The highest BCUT2D eigenvalue weighted by molar-refractivity contribution is 6.35. The number of rotatable bonds is 2. The largest absolute Gasteiger partial charge is 0.447 e. The Bertz CT molecular complexity index is 654. The van der Waals surface area contributed by atoms with Crippen LogP contribution in [0.3, 0.4) is 0 Å². The highest BCUT2D eigenvalue weighted by atomic mass is 35.5. The summed E-state index contributed by atoms with van der Waals surface area (Å²) < 4.78 is 10.3. The van der Waals surface area contributed by atoms with Gasteiger partial charge in [0.2, 0.25) is 5.76 Å². The van der Waals surface area contributed by atoms with Crippen LogP contribution in [0.1, 0.15) is 23.0 Å². The molecule has 2 aromatic rings. The minimum absolute atomic E-state index is 0.0835. The summed E-state index contributed by atoms with van der Waals surface area (Å²) >= 11 is 5.98. The zero-order valence-corrected chi connectivity index (χ0v) is 10.6. The van der Waals surface area contributed by atoms with Gasteiger partial charge in [-0.05, 0) is 19.9 Å². The summed E-state index contributed by atoms with van der Waals surface area (Å²) in [7, 11) is 0. The average Bonchev–Trinajstić information content (AvgIpc) is 2.69. The maximum atomic E-state index is 11.8. The van der Waals surface area contributed by atoms with E-state index in [4.69, 9.17) is 26.0 Å².